The molecule has 0 unspecified atom stereocenters. The molecule has 2 aliphatic rings. The topological polar surface area (TPSA) is 62.7 Å². The molecule has 0 aromatic carbocycles. The van der Waals surface area contributed by atoms with E-state index in [-0.39, 0.29) is 0 Å². The highest BCUT2D eigenvalue weighted by atomic mass is 15.2. The summed E-state index contributed by atoms with van der Waals surface area (Å²) in [7, 11) is 0. The summed E-state index contributed by atoms with van der Waals surface area (Å²) in [4.78, 5) is 13.3. The number of hydrogen-bond acceptors (Lipinski definition) is 5. The fourth-order valence-corrected chi connectivity index (χ4v) is 2.50. The van der Waals surface area contributed by atoms with E-state index in [1.54, 1.807) is 0 Å². The molecule has 0 saturated heterocycles. The zero-order chi connectivity index (χ0) is 14.8. The minimum absolute atomic E-state index is 0.583. The van der Waals surface area contributed by atoms with E-state index in [9.17, 15) is 0 Å². The predicted octanol–water partition coefficient (Wildman–Crippen LogP) is 2.98. The Balaban J connectivity index is 1.42. The van der Waals surface area contributed by atoms with Gasteiger partial charge in [-0.1, -0.05) is 0 Å². The summed E-state index contributed by atoms with van der Waals surface area (Å²) in [5.74, 6) is 2.37. The number of anilines is 2. The van der Waals surface area contributed by atoms with Crippen molar-refractivity contribution in [2.45, 2.75) is 44.1 Å². The lowest BCUT2D eigenvalue weighted by atomic mass is 10.2. The fraction of sp³-hybridized carbons (Fsp3) is 0.471. The van der Waals surface area contributed by atoms with Crippen LogP contribution in [0, 0.1) is 0 Å². The van der Waals surface area contributed by atoms with E-state index >= 15 is 0 Å². The second-order valence-electron chi connectivity index (χ2n) is 6.23. The van der Waals surface area contributed by atoms with E-state index in [1.807, 2.05) is 12.4 Å². The molecule has 2 aromatic heterocycles. The molecule has 0 amide bonds. The summed E-state index contributed by atoms with van der Waals surface area (Å²) in [5, 5.41) is 6.86. The van der Waals surface area contributed by atoms with E-state index in [0.29, 0.717) is 12.0 Å². The molecule has 2 saturated carbocycles. The molecule has 0 radical (unpaired) electrons. The fourth-order valence-electron chi connectivity index (χ4n) is 2.50. The van der Waals surface area contributed by atoms with Crippen LogP contribution < -0.4 is 10.6 Å². The Morgan fingerprint density at radius 2 is 1.86 bits per heavy atom. The first-order valence-corrected chi connectivity index (χ1v) is 8.15. The summed E-state index contributed by atoms with van der Waals surface area (Å²) in [6.07, 6.45) is 9.64. The highest BCUT2D eigenvalue weighted by Gasteiger charge is 2.27. The molecule has 0 atom stereocenters. The molecule has 5 nitrogen and oxygen atoms in total. The predicted molar refractivity (Wildman–Crippen MR) is 87.1 cm³/mol. The van der Waals surface area contributed by atoms with Crippen molar-refractivity contribution in [1.82, 2.24) is 15.0 Å². The standard InChI is InChI=1S/C17H21N5/c1-2-13(1)15-11-16(22-17(21-15)20-14-3-4-14)19-10-7-12-5-8-18-9-6-12/h5-6,8-9,11,13-14H,1-4,7,10H2,(H2,19,20,21,22). The zero-order valence-corrected chi connectivity index (χ0v) is 12.6. The van der Waals surface area contributed by atoms with Gasteiger partial charge in [-0.15, -0.1) is 0 Å². The van der Waals surface area contributed by atoms with Crippen LogP contribution in [0.5, 0.6) is 0 Å². The molecule has 5 heteroatoms. The van der Waals surface area contributed by atoms with Gasteiger partial charge in [-0.25, -0.2) is 4.98 Å². The van der Waals surface area contributed by atoms with Gasteiger partial charge in [0.25, 0.3) is 0 Å². The SMILES string of the molecule is c1cc(CCNc2cc(C3CC3)nc(NC3CC3)n2)ccn1. The third-order valence-corrected chi connectivity index (χ3v) is 4.12. The van der Waals surface area contributed by atoms with Crippen LogP contribution in [-0.4, -0.2) is 27.5 Å². The van der Waals surface area contributed by atoms with Crippen molar-refractivity contribution < 1.29 is 0 Å². The first kappa shape index (κ1) is 13.5. The van der Waals surface area contributed by atoms with Crippen molar-refractivity contribution in [3.8, 4) is 0 Å². The van der Waals surface area contributed by atoms with Crippen LogP contribution in [0.1, 0.15) is 42.9 Å². The number of aromatic nitrogens is 3. The molecule has 0 bridgehead atoms. The van der Waals surface area contributed by atoms with Gasteiger partial charge in [0.2, 0.25) is 5.95 Å². The van der Waals surface area contributed by atoms with E-state index in [4.69, 9.17) is 0 Å². The maximum absolute atomic E-state index is 4.67. The molecule has 2 fully saturated rings. The van der Waals surface area contributed by atoms with Crippen molar-refractivity contribution in [2.75, 3.05) is 17.2 Å². The van der Waals surface area contributed by atoms with Gasteiger partial charge in [0.05, 0.1) is 5.69 Å². The van der Waals surface area contributed by atoms with Crippen molar-refractivity contribution >= 4 is 11.8 Å². The molecule has 22 heavy (non-hydrogen) atoms. The first-order valence-electron chi connectivity index (χ1n) is 8.15. The van der Waals surface area contributed by atoms with Crippen LogP contribution >= 0.6 is 0 Å². The molecule has 2 aliphatic carbocycles. The van der Waals surface area contributed by atoms with Gasteiger partial charge in [0, 0.05) is 37.0 Å². The van der Waals surface area contributed by atoms with Crippen molar-refractivity contribution in [3.05, 3.63) is 41.9 Å². The lowest BCUT2D eigenvalue weighted by Crippen LogP contribution is -2.11. The smallest absolute Gasteiger partial charge is 0.225 e. The molecular weight excluding hydrogens is 274 g/mol. The molecule has 2 N–H and O–H groups in total. The van der Waals surface area contributed by atoms with Gasteiger partial charge in [0.15, 0.2) is 0 Å². The Labute approximate surface area is 130 Å². The van der Waals surface area contributed by atoms with Crippen LogP contribution in [-0.2, 0) is 6.42 Å². The summed E-state index contributed by atoms with van der Waals surface area (Å²) >= 11 is 0. The van der Waals surface area contributed by atoms with Gasteiger partial charge in [-0.2, -0.15) is 4.98 Å². The van der Waals surface area contributed by atoms with E-state index in [0.717, 1.165) is 24.7 Å². The second kappa shape index (κ2) is 5.91. The van der Waals surface area contributed by atoms with Gasteiger partial charge >= 0.3 is 0 Å². The van der Waals surface area contributed by atoms with Gasteiger partial charge < -0.3 is 10.6 Å². The number of pyridine rings is 1. The lowest BCUT2D eigenvalue weighted by molar-refractivity contribution is 0.947. The molecule has 114 valence electrons. The number of rotatable bonds is 7. The van der Waals surface area contributed by atoms with Crippen LogP contribution in [0.2, 0.25) is 0 Å². The third kappa shape index (κ3) is 3.53. The Hall–Kier alpha value is -2.17. The van der Waals surface area contributed by atoms with Gasteiger partial charge in [-0.05, 0) is 49.8 Å². The normalized spacial score (nSPS) is 17.3. The van der Waals surface area contributed by atoms with E-state index in [2.05, 4.69) is 43.8 Å². The maximum atomic E-state index is 4.67. The molecule has 0 spiro atoms. The maximum Gasteiger partial charge on any atom is 0.225 e. The Morgan fingerprint density at radius 3 is 2.59 bits per heavy atom. The van der Waals surface area contributed by atoms with Crippen molar-refractivity contribution in [2.24, 2.45) is 0 Å². The number of nitrogens with one attached hydrogen (secondary N) is 2. The molecule has 2 aromatic rings. The minimum atomic E-state index is 0.583. The molecule has 2 heterocycles. The van der Waals surface area contributed by atoms with Crippen molar-refractivity contribution in [3.63, 3.8) is 0 Å². The molecule has 0 aliphatic heterocycles. The Morgan fingerprint density at radius 1 is 1.05 bits per heavy atom. The largest absolute Gasteiger partial charge is 0.370 e. The summed E-state index contributed by atoms with van der Waals surface area (Å²) in [6.45, 7) is 0.869. The lowest BCUT2D eigenvalue weighted by Gasteiger charge is -2.10. The summed E-state index contributed by atoms with van der Waals surface area (Å²) in [5.41, 5.74) is 2.47. The second-order valence-corrected chi connectivity index (χ2v) is 6.23. The highest BCUT2D eigenvalue weighted by Crippen LogP contribution is 2.40. The highest BCUT2D eigenvalue weighted by molar-refractivity contribution is 5.45. The van der Waals surface area contributed by atoms with E-state index < -0.39 is 0 Å². The summed E-state index contributed by atoms with van der Waals surface area (Å²) in [6, 6.07) is 6.80. The van der Waals surface area contributed by atoms with Crippen LogP contribution in [0.25, 0.3) is 0 Å². The molecule has 4 rings (SSSR count). The monoisotopic (exact) mass is 295 g/mol. The quantitative estimate of drug-likeness (QED) is 0.822. The number of nitrogens with zero attached hydrogens (tertiary/aromatic N) is 3. The average molecular weight is 295 g/mol. The minimum Gasteiger partial charge on any atom is -0.370 e. The average Bonchev–Trinajstić information content (AvgIpc) is 3.42. The zero-order valence-electron chi connectivity index (χ0n) is 12.6. The van der Waals surface area contributed by atoms with Crippen LogP contribution in [0.15, 0.2) is 30.6 Å². The number of hydrogen-bond donors (Lipinski definition) is 2. The summed E-state index contributed by atoms with van der Waals surface area (Å²) < 4.78 is 0. The molecular formula is C17H21N5. The van der Waals surface area contributed by atoms with Gasteiger partial charge in [-0.3, -0.25) is 4.98 Å². The van der Waals surface area contributed by atoms with Gasteiger partial charge in [0.1, 0.15) is 5.82 Å². The Kier molecular flexibility index (Phi) is 3.62. The third-order valence-electron chi connectivity index (χ3n) is 4.12. The van der Waals surface area contributed by atoms with Crippen LogP contribution in [0.3, 0.4) is 0 Å². The van der Waals surface area contributed by atoms with Crippen molar-refractivity contribution in [1.29, 1.82) is 0 Å². The first-order chi connectivity index (χ1) is 10.9. The van der Waals surface area contributed by atoms with E-state index in [1.165, 1.54) is 36.9 Å². The Bertz CT molecular complexity index is 635. The van der Waals surface area contributed by atoms with Crippen LogP contribution in [0.4, 0.5) is 11.8 Å².